The number of nitrogens with zero attached hydrogens (tertiary/aromatic N) is 1. The van der Waals surface area contributed by atoms with Crippen molar-refractivity contribution in [2.75, 3.05) is 0 Å². The Bertz CT molecular complexity index is 484. The van der Waals surface area contributed by atoms with Gasteiger partial charge in [-0.2, -0.15) is 13.2 Å². The van der Waals surface area contributed by atoms with Crippen LogP contribution < -0.4 is 5.48 Å². The lowest BCUT2D eigenvalue weighted by Crippen LogP contribution is -2.18. The first kappa shape index (κ1) is 15.2. The zero-order valence-electron chi connectivity index (χ0n) is 10.2. The first-order valence-electron chi connectivity index (χ1n) is 5.49. The lowest BCUT2D eigenvalue weighted by Gasteiger charge is -2.10. The predicted molar refractivity (Wildman–Crippen MR) is 62.1 cm³/mol. The normalized spacial score (nSPS) is 12.4. The smallest absolute Gasteiger partial charge is 0.289 e. The third-order valence-electron chi connectivity index (χ3n) is 2.53. The fourth-order valence-corrected chi connectivity index (χ4v) is 1.53. The van der Waals surface area contributed by atoms with Gasteiger partial charge in [0, 0.05) is 18.8 Å². The Kier molecular flexibility index (Phi) is 5.05. The van der Waals surface area contributed by atoms with Crippen LogP contribution in [0.3, 0.4) is 0 Å². The summed E-state index contributed by atoms with van der Waals surface area (Å²) in [5.74, 6) is -0.598. The standard InChI is InChI=1S/C12H13F3N2O2/c1-2-8(3-4-11(18)17-19)9-5-10(7-16-6-9)12(13,14)15/h2,5-7,19H,3-4H2,1H3,(H,17,18)/b8-2+. The molecular weight excluding hydrogens is 261 g/mol. The van der Waals surface area contributed by atoms with E-state index in [0.717, 1.165) is 12.3 Å². The molecule has 1 aromatic heterocycles. The van der Waals surface area contributed by atoms with Crippen LogP contribution in [0.15, 0.2) is 24.5 Å². The molecule has 0 unspecified atom stereocenters. The number of hydroxylamine groups is 1. The molecule has 0 aromatic carbocycles. The monoisotopic (exact) mass is 274 g/mol. The zero-order valence-corrected chi connectivity index (χ0v) is 10.2. The predicted octanol–water partition coefficient (Wildman–Crippen LogP) is 2.79. The molecule has 7 heteroatoms. The number of amides is 1. The number of pyridine rings is 1. The fourth-order valence-electron chi connectivity index (χ4n) is 1.53. The maximum atomic E-state index is 12.5. The second kappa shape index (κ2) is 6.33. The van der Waals surface area contributed by atoms with Crippen LogP contribution in [0, 0.1) is 0 Å². The summed E-state index contributed by atoms with van der Waals surface area (Å²) < 4.78 is 37.6. The van der Waals surface area contributed by atoms with Gasteiger partial charge in [0.2, 0.25) is 5.91 Å². The van der Waals surface area contributed by atoms with Crippen LogP contribution in [0.25, 0.3) is 5.57 Å². The number of halogens is 3. The third-order valence-corrected chi connectivity index (χ3v) is 2.53. The highest BCUT2D eigenvalue weighted by Crippen LogP contribution is 2.31. The van der Waals surface area contributed by atoms with Crippen LogP contribution >= 0.6 is 0 Å². The van der Waals surface area contributed by atoms with Crippen molar-refractivity contribution < 1.29 is 23.2 Å². The average molecular weight is 274 g/mol. The van der Waals surface area contributed by atoms with Gasteiger partial charge in [0.1, 0.15) is 0 Å². The highest BCUT2D eigenvalue weighted by molar-refractivity contribution is 5.77. The Morgan fingerprint density at radius 3 is 2.63 bits per heavy atom. The number of aromatic nitrogens is 1. The minimum absolute atomic E-state index is 0.0214. The van der Waals surface area contributed by atoms with E-state index in [1.807, 2.05) is 0 Å². The zero-order chi connectivity index (χ0) is 14.5. The van der Waals surface area contributed by atoms with Crippen LogP contribution in [0.4, 0.5) is 13.2 Å². The van der Waals surface area contributed by atoms with E-state index < -0.39 is 17.6 Å². The third kappa shape index (κ3) is 4.36. The summed E-state index contributed by atoms with van der Waals surface area (Å²) in [5, 5.41) is 8.36. The second-order valence-corrected chi connectivity index (χ2v) is 3.81. The van der Waals surface area contributed by atoms with Gasteiger partial charge in [-0.1, -0.05) is 6.08 Å². The maximum absolute atomic E-state index is 12.5. The van der Waals surface area contributed by atoms with Crippen LogP contribution in [0.2, 0.25) is 0 Å². The lowest BCUT2D eigenvalue weighted by molar-refractivity contribution is -0.137. The topological polar surface area (TPSA) is 62.2 Å². The number of nitrogens with one attached hydrogen (secondary N) is 1. The molecule has 0 atom stereocenters. The molecule has 1 amide bonds. The van der Waals surface area contributed by atoms with Gasteiger partial charge in [-0.3, -0.25) is 15.0 Å². The Hall–Kier alpha value is -1.89. The van der Waals surface area contributed by atoms with Crippen molar-refractivity contribution in [1.29, 1.82) is 0 Å². The van der Waals surface area contributed by atoms with Crippen molar-refractivity contribution in [3.63, 3.8) is 0 Å². The SMILES string of the molecule is C/C=C(\CCC(=O)NO)c1cncc(C(F)(F)F)c1. The number of hydrogen-bond donors (Lipinski definition) is 2. The first-order valence-corrected chi connectivity index (χ1v) is 5.49. The Labute approximate surface area is 107 Å². The largest absolute Gasteiger partial charge is 0.417 e. The van der Waals surface area contributed by atoms with Crippen LogP contribution in [0.1, 0.15) is 30.9 Å². The van der Waals surface area contributed by atoms with Gasteiger partial charge in [-0.15, -0.1) is 0 Å². The molecule has 0 saturated carbocycles. The van der Waals surface area contributed by atoms with Crippen molar-refractivity contribution in [3.8, 4) is 0 Å². The quantitative estimate of drug-likeness (QED) is 0.655. The minimum Gasteiger partial charge on any atom is -0.289 e. The van der Waals surface area contributed by atoms with Crippen molar-refractivity contribution in [1.82, 2.24) is 10.5 Å². The van der Waals surface area contributed by atoms with Crippen molar-refractivity contribution in [2.24, 2.45) is 0 Å². The number of carbonyl (C=O) groups is 1. The number of carbonyl (C=O) groups excluding carboxylic acids is 1. The van der Waals surface area contributed by atoms with Gasteiger partial charge in [-0.25, -0.2) is 5.48 Å². The van der Waals surface area contributed by atoms with Crippen molar-refractivity contribution in [2.45, 2.75) is 25.9 Å². The van der Waals surface area contributed by atoms with E-state index in [9.17, 15) is 18.0 Å². The molecule has 2 N–H and O–H groups in total. The van der Waals surface area contributed by atoms with Crippen LogP contribution in [-0.2, 0) is 11.0 Å². The van der Waals surface area contributed by atoms with Crippen molar-refractivity contribution >= 4 is 11.5 Å². The summed E-state index contributed by atoms with van der Waals surface area (Å²) in [6.07, 6.45) is -0.594. The minimum atomic E-state index is -4.45. The van der Waals surface area contributed by atoms with Gasteiger partial charge < -0.3 is 0 Å². The molecule has 19 heavy (non-hydrogen) atoms. The highest BCUT2D eigenvalue weighted by atomic mass is 19.4. The molecular formula is C12H13F3N2O2. The first-order chi connectivity index (χ1) is 8.88. The van der Waals surface area contributed by atoms with E-state index in [2.05, 4.69) is 4.98 Å². The molecule has 0 aliphatic carbocycles. The van der Waals surface area contributed by atoms with Crippen LogP contribution in [-0.4, -0.2) is 16.1 Å². The lowest BCUT2D eigenvalue weighted by atomic mass is 10.0. The van der Waals surface area contributed by atoms with Gasteiger partial charge in [0.25, 0.3) is 0 Å². The molecule has 0 bridgehead atoms. The molecule has 0 radical (unpaired) electrons. The van der Waals surface area contributed by atoms with E-state index in [1.165, 1.54) is 11.7 Å². The van der Waals surface area contributed by atoms with Gasteiger partial charge in [-0.05, 0) is 30.5 Å². The molecule has 0 saturated heterocycles. The summed E-state index contributed by atoms with van der Waals surface area (Å²) in [5.41, 5.74) is 1.50. The number of alkyl halides is 3. The number of allylic oxidation sites excluding steroid dienone is 2. The molecule has 0 aliphatic rings. The molecule has 1 heterocycles. The van der Waals surface area contributed by atoms with E-state index in [-0.39, 0.29) is 12.8 Å². The molecule has 0 aliphatic heterocycles. The van der Waals surface area contributed by atoms with Gasteiger partial charge in [0.05, 0.1) is 5.56 Å². The number of rotatable bonds is 4. The Morgan fingerprint density at radius 1 is 1.42 bits per heavy atom. The summed E-state index contributed by atoms with van der Waals surface area (Å²) in [6, 6.07) is 0.985. The van der Waals surface area contributed by atoms with Crippen molar-refractivity contribution in [3.05, 3.63) is 35.7 Å². The fraction of sp³-hybridized carbons (Fsp3) is 0.333. The second-order valence-electron chi connectivity index (χ2n) is 3.81. The molecule has 104 valence electrons. The van der Waals surface area contributed by atoms with E-state index in [1.54, 1.807) is 13.0 Å². The summed E-state index contributed by atoms with van der Waals surface area (Å²) in [7, 11) is 0. The molecule has 0 spiro atoms. The van der Waals surface area contributed by atoms with E-state index >= 15 is 0 Å². The summed E-state index contributed by atoms with van der Waals surface area (Å²) in [4.78, 5) is 14.5. The van der Waals surface area contributed by atoms with Gasteiger partial charge >= 0.3 is 6.18 Å². The van der Waals surface area contributed by atoms with Crippen LogP contribution in [0.5, 0.6) is 0 Å². The number of hydrogen-bond acceptors (Lipinski definition) is 3. The molecule has 1 rings (SSSR count). The average Bonchev–Trinajstić information content (AvgIpc) is 2.38. The van der Waals surface area contributed by atoms with Gasteiger partial charge in [0.15, 0.2) is 0 Å². The molecule has 1 aromatic rings. The highest BCUT2D eigenvalue weighted by Gasteiger charge is 2.31. The molecule has 4 nitrogen and oxygen atoms in total. The Balaban J connectivity index is 2.91. The molecule has 0 fully saturated rings. The van der Waals surface area contributed by atoms with E-state index in [0.29, 0.717) is 11.1 Å². The summed E-state index contributed by atoms with van der Waals surface area (Å²) in [6.45, 7) is 1.66. The maximum Gasteiger partial charge on any atom is 0.417 e. The summed E-state index contributed by atoms with van der Waals surface area (Å²) >= 11 is 0. The van der Waals surface area contributed by atoms with E-state index in [4.69, 9.17) is 5.21 Å². The Morgan fingerprint density at radius 2 is 2.11 bits per heavy atom.